The number of nitrogens with two attached hydrogens (primary N) is 1. The molecule has 3 rings (SSSR count). The number of fused-ring (bicyclic) bond motifs is 1. The average molecular weight is 315 g/mol. The van der Waals surface area contributed by atoms with E-state index in [-0.39, 0.29) is 18.0 Å². The fourth-order valence-corrected chi connectivity index (χ4v) is 3.53. The van der Waals surface area contributed by atoms with E-state index in [1.807, 2.05) is 0 Å². The molecule has 1 aromatic heterocycles. The Balaban J connectivity index is 2.10. The number of hydrogen-bond donors (Lipinski definition) is 1. The Morgan fingerprint density at radius 2 is 2.26 bits per heavy atom. The Kier molecular flexibility index (Phi) is 4.27. The highest BCUT2D eigenvalue weighted by atomic mass is 16.2. The predicted octanol–water partition coefficient (Wildman–Crippen LogP) is 1.58. The summed E-state index contributed by atoms with van der Waals surface area (Å²) in [7, 11) is 0. The van der Waals surface area contributed by atoms with E-state index in [0.717, 1.165) is 25.7 Å². The lowest BCUT2D eigenvalue weighted by atomic mass is 9.94. The second-order valence-corrected chi connectivity index (χ2v) is 5.94. The molecule has 2 aliphatic rings. The number of rotatable bonds is 2. The van der Waals surface area contributed by atoms with Crippen LogP contribution in [0.25, 0.3) is 5.70 Å². The molecule has 0 aromatic carbocycles. The molecular formula is C16H21N5O2. The summed E-state index contributed by atoms with van der Waals surface area (Å²) in [5.41, 5.74) is 6.68. The molecule has 1 aromatic rings. The van der Waals surface area contributed by atoms with Crippen molar-refractivity contribution in [1.82, 2.24) is 19.8 Å². The second-order valence-electron chi connectivity index (χ2n) is 5.94. The molecule has 0 aliphatic carbocycles. The lowest BCUT2D eigenvalue weighted by molar-refractivity contribution is -0.133. The molecule has 1 saturated heterocycles. The van der Waals surface area contributed by atoms with E-state index in [2.05, 4.69) is 16.9 Å². The summed E-state index contributed by atoms with van der Waals surface area (Å²) >= 11 is 0. The summed E-state index contributed by atoms with van der Waals surface area (Å²) < 4.78 is 0. The van der Waals surface area contributed by atoms with E-state index in [1.54, 1.807) is 17.2 Å². The van der Waals surface area contributed by atoms with Crippen molar-refractivity contribution in [2.75, 3.05) is 6.54 Å². The van der Waals surface area contributed by atoms with Gasteiger partial charge in [0, 0.05) is 18.8 Å². The zero-order valence-electron chi connectivity index (χ0n) is 13.2. The van der Waals surface area contributed by atoms with E-state index < -0.39 is 6.03 Å². The average Bonchev–Trinajstić information content (AvgIpc) is 2.78. The lowest BCUT2D eigenvalue weighted by Crippen LogP contribution is -2.59. The highest BCUT2D eigenvalue weighted by molar-refractivity contribution is 6.00. The monoisotopic (exact) mass is 315 g/mol. The smallest absolute Gasteiger partial charge is 0.321 e. The van der Waals surface area contributed by atoms with Gasteiger partial charge in [0.1, 0.15) is 12.5 Å². The van der Waals surface area contributed by atoms with Crippen molar-refractivity contribution in [2.45, 2.75) is 38.8 Å². The zero-order chi connectivity index (χ0) is 16.4. The van der Waals surface area contributed by atoms with Gasteiger partial charge in [-0.3, -0.25) is 9.69 Å². The van der Waals surface area contributed by atoms with Gasteiger partial charge < -0.3 is 10.6 Å². The molecule has 1 fully saturated rings. The number of hydrogen-bond acceptors (Lipinski definition) is 4. The Morgan fingerprint density at radius 1 is 1.43 bits per heavy atom. The van der Waals surface area contributed by atoms with Crippen molar-refractivity contribution in [1.29, 1.82) is 0 Å². The van der Waals surface area contributed by atoms with Gasteiger partial charge in [0.25, 0.3) is 0 Å². The van der Waals surface area contributed by atoms with Gasteiger partial charge in [0.05, 0.1) is 11.4 Å². The summed E-state index contributed by atoms with van der Waals surface area (Å²) in [4.78, 5) is 36.2. The van der Waals surface area contributed by atoms with Crippen molar-refractivity contribution in [2.24, 2.45) is 11.7 Å². The van der Waals surface area contributed by atoms with Gasteiger partial charge in [0.2, 0.25) is 5.91 Å². The molecule has 0 bridgehead atoms. The van der Waals surface area contributed by atoms with Crippen LogP contribution in [0.2, 0.25) is 0 Å². The Bertz CT molecular complexity index is 631. The standard InChI is InChI=1S/C16H21N5O2/c1-2-11-5-3-4-8-20-14(22)9-13(12-6-7-18-10-19-12)21(15(11)20)16(17)23/h6-7,9-11,15H,2-5,8H2,1H3,(H2,17,23). The molecular weight excluding hydrogens is 294 g/mol. The summed E-state index contributed by atoms with van der Waals surface area (Å²) in [6, 6.07) is 1.13. The van der Waals surface area contributed by atoms with E-state index in [0.29, 0.717) is 17.9 Å². The summed E-state index contributed by atoms with van der Waals surface area (Å²) in [5.74, 6) is 0.126. The molecule has 0 spiro atoms. The fourth-order valence-electron chi connectivity index (χ4n) is 3.53. The molecule has 3 amide bonds. The summed E-state index contributed by atoms with van der Waals surface area (Å²) in [6.45, 7) is 2.73. The topological polar surface area (TPSA) is 92.4 Å². The van der Waals surface area contributed by atoms with Crippen LogP contribution in [-0.2, 0) is 4.79 Å². The van der Waals surface area contributed by atoms with E-state index in [9.17, 15) is 9.59 Å². The minimum absolute atomic E-state index is 0.0820. The third kappa shape index (κ3) is 2.78. The van der Waals surface area contributed by atoms with Gasteiger partial charge in [-0.2, -0.15) is 0 Å². The van der Waals surface area contributed by atoms with Crippen LogP contribution < -0.4 is 5.73 Å². The molecule has 2 atom stereocenters. The highest BCUT2D eigenvalue weighted by Crippen LogP contribution is 2.35. The Hall–Kier alpha value is -2.44. The second kappa shape index (κ2) is 6.36. The minimum atomic E-state index is -0.558. The first kappa shape index (κ1) is 15.5. The van der Waals surface area contributed by atoms with Crippen LogP contribution in [0, 0.1) is 5.92 Å². The quantitative estimate of drug-likeness (QED) is 0.896. The van der Waals surface area contributed by atoms with Crippen LogP contribution in [0.4, 0.5) is 4.79 Å². The maximum atomic E-state index is 12.6. The van der Waals surface area contributed by atoms with Gasteiger partial charge in [0.15, 0.2) is 0 Å². The third-order valence-corrected chi connectivity index (χ3v) is 4.64. The van der Waals surface area contributed by atoms with Crippen LogP contribution in [-0.4, -0.2) is 44.4 Å². The molecule has 2 N–H and O–H groups in total. The van der Waals surface area contributed by atoms with E-state index in [1.165, 1.54) is 17.3 Å². The molecule has 0 radical (unpaired) electrons. The van der Waals surface area contributed by atoms with Gasteiger partial charge in [-0.15, -0.1) is 0 Å². The molecule has 3 heterocycles. The van der Waals surface area contributed by atoms with Crippen LogP contribution in [0.1, 0.15) is 38.3 Å². The maximum absolute atomic E-state index is 12.6. The number of urea groups is 1. The van der Waals surface area contributed by atoms with Gasteiger partial charge in [-0.25, -0.2) is 14.8 Å². The molecule has 0 saturated carbocycles. The first-order chi connectivity index (χ1) is 11.1. The fraction of sp³-hybridized carbons (Fsp3) is 0.500. The number of amides is 3. The van der Waals surface area contributed by atoms with Crippen molar-refractivity contribution in [3.05, 3.63) is 30.4 Å². The molecule has 2 unspecified atom stereocenters. The Morgan fingerprint density at radius 3 is 2.91 bits per heavy atom. The Labute approximate surface area is 135 Å². The van der Waals surface area contributed by atoms with Crippen molar-refractivity contribution in [3.8, 4) is 0 Å². The molecule has 122 valence electrons. The van der Waals surface area contributed by atoms with Gasteiger partial charge in [-0.05, 0) is 31.2 Å². The van der Waals surface area contributed by atoms with Crippen molar-refractivity contribution >= 4 is 17.6 Å². The van der Waals surface area contributed by atoms with Crippen molar-refractivity contribution < 1.29 is 9.59 Å². The number of carbonyl (C=O) groups is 2. The molecule has 2 aliphatic heterocycles. The zero-order valence-corrected chi connectivity index (χ0v) is 13.2. The van der Waals surface area contributed by atoms with Gasteiger partial charge >= 0.3 is 6.03 Å². The van der Waals surface area contributed by atoms with Crippen molar-refractivity contribution in [3.63, 3.8) is 0 Å². The first-order valence-corrected chi connectivity index (χ1v) is 8.00. The number of aromatic nitrogens is 2. The number of primary amides is 1. The van der Waals surface area contributed by atoms with Crippen LogP contribution >= 0.6 is 0 Å². The normalized spacial score (nSPS) is 24.7. The minimum Gasteiger partial charge on any atom is -0.351 e. The lowest BCUT2D eigenvalue weighted by Gasteiger charge is -2.44. The first-order valence-electron chi connectivity index (χ1n) is 8.00. The van der Waals surface area contributed by atoms with Crippen LogP contribution in [0.15, 0.2) is 24.7 Å². The molecule has 23 heavy (non-hydrogen) atoms. The van der Waals surface area contributed by atoms with E-state index >= 15 is 0 Å². The molecule has 7 nitrogen and oxygen atoms in total. The predicted molar refractivity (Wildman–Crippen MR) is 84.6 cm³/mol. The van der Waals surface area contributed by atoms with Crippen LogP contribution in [0.3, 0.4) is 0 Å². The summed E-state index contributed by atoms with van der Waals surface area (Å²) in [5, 5.41) is 0. The van der Waals surface area contributed by atoms with Crippen LogP contribution in [0.5, 0.6) is 0 Å². The number of nitrogens with zero attached hydrogens (tertiary/aromatic N) is 4. The maximum Gasteiger partial charge on any atom is 0.321 e. The highest BCUT2D eigenvalue weighted by Gasteiger charge is 2.42. The largest absolute Gasteiger partial charge is 0.351 e. The third-order valence-electron chi connectivity index (χ3n) is 4.64. The number of carbonyl (C=O) groups excluding carboxylic acids is 2. The summed E-state index contributed by atoms with van der Waals surface area (Å²) in [6.07, 6.45) is 7.97. The van der Waals surface area contributed by atoms with Gasteiger partial charge in [-0.1, -0.05) is 13.3 Å². The van der Waals surface area contributed by atoms with E-state index in [4.69, 9.17) is 5.73 Å². The SMILES string of the molecule is CCC1CCCCN2C(=O)C=C(c3ccncn3)N(C(N)=O)C12. The molecule has 7 heteroatoms.